The van der Waals surface area contributed by atoms with Crippen molar-refractivity contribution in [2.45, 2.75) is 93.4 Å². The first-order valence-corrected chi connectivity index (χ1v) is 16.3. The number of hydrogen-bond donors (Lipinski definition) is 2. The standard InChI is InChI=1S/C39H57N3O/c1-13-32-20-15-14-18-26(5)33-35-34(28(7)29(8)39(33)43-12)30(9)37(36(40)38(35)41-11)42-31(10)25(4)19-16-17-23(2)21-22-24(3)27(32)6/h16-17,19,23-24,27,32,42H,5,9-10,13-15,18,20-22,40H2,1-4,6-8,11-12H3/b17-16+,25-19-,41-38-/t23?,24?,27-,32?/m1/s1. The molecule has 234 valence electrons. The summed E-state index contributed by atoms with van der Waals surface area (Å²) in [5.41, 5.74) is 17.9. The Balaban J connectivity index is 2.15. The summed E-state index contributed by atoms with van der Waals surface area (Å²) < 4.78 is 6.07. The maximum Gasteiger partial charge on any atom is 0.130 e. The number of benzene rings is 1. The fourth-order valence-electron chi connectivity index (χ4n) is 6.89. The summed E-state index contributed by atoms with van der Waals surface area (Å²) in [5.74, 6) is 3.54. The molecule has 3 N–H and O–H groups in total. The molecule has 3 aliphatic rings. The molecule has 4 rings (SSSR count). The fourth-order valence-corrected chi connectivity index (χ4v) is 6.89. The van der Waals surface area contributed by atoms with E-state index in [4.69, 9.17) is 15.5 Å². The molecule has 0 fully saturated rings. The van der Waals surface area contributed by atoms with Crippen LogP contribution in [0.4, 0.5) is 0 Å². The van der Waals surface area contributed by atoms with Crippen molar-refractivity contribution in [3.63, 3.8) is 0 Å². The van der Waals surface area contributed by atoms with Crippen LogP contribution >= 0.6 is 0 Å². The minimum absolute atomic E-state index is 0.526. The van der Waals surface area contributed by atoms with Crippen molar-refractivity contribution in [2.75, 3.05) is 14.2 Å². The van der Waals surface area contributed by atoms with Crippen molar-refractivity contribution in [3.05, 3.63) is 88.4 Å². The fraction of sp³-hybridized carbons (Fsp3) is 0.513. The molecule has 4 nitrogen and oxygen atoms in total. The zero-order valence-corrected chi connectivity index (χ0v) is 28.5. The van der Waals surface area contributed by atoms with Crippen molar-refractivity contribution in [1.29, 1.82) is 0 Å². The predicted molar refractivity (Wildman–Crippen MR) is 188 cm³/mol. The minimum Gasteiger partial charge on any atom is -0.496 e. The molecule has 0 spiro atoms. The second-order valence-electron chi connectivity index (χ2n) is 13.0. The summed E-state index contributed by atoms with van der Waals surface area (Å²) in [6.45, 7) is 29.4. The summed E-state index contributed by atoms with van der Waals surface area (Å²) in [7, 11) is 3.55. The highest BCUT2D eigenvalue weighted by Crippen LogP contribution is 2.45. The van der Waals surface area contributed by atoms with Gasteiger partial charge < -0.3 is 15.8 Å². The SMILES string of the molecule is C=C1NC2=C(N)/C(=N\C)c3c(c(C)c(C)c(OC)c3C(=C)CCCCC(CC)[C@H](C)C(C)CCC(C)/C=C/C=C\1C)C2=C. The van der Waals surface area contributed by atoms with Gasteiger partial charge in [-0.25, -0.2) is 0 Å². The van der Waals surface area contributed by atoms with Gasteiger partial charge in [-0.1, -0.05) is 84.9 Å². The molecule has 0 amide bonds. The van der Waals surface area contributed by atoms with Crippen LogP contribution in [0.1, 0.15) is 107 Å². The molecule has 0 saturated heterocycles. The van der Waals surface area contributed by atoms with E-state index in [1.807, 2.05) is 0 Å². The lowest BCUT2D eigenvalue weighted by Gasteiger charge is -2.32. The summed E-state index contributed by atoms with van der Waals surface area (Å²) in [6.07, 6.45) is 14.7. The Bertz CT molecular complexity index is 1370. The van der Waals surface area contributed by atoms with Gasteiger partial charge in [0.2, 0.25) is 0 Å². The highest BCUT2D eigenvalue weighted by Gasteiger charge is 2.33. The molecule has 1 aromatic rings. The Morgan fingerprint density at radius 3 is 2.30 bits per heavy atom. The number of hydrogen-bond acceptors (Lipinski definition) is 4. The van der Waals surface area contributed by atoms with Crippen molar-refractivity contribution in [2.24, 2.45) is 34.4 Å². The van der Waals surface area contributed by atoms with E-state index in [9.17, 15) is 0 Å². The monoisotopic (exact) mass is 583 g/mol. The molecule has 4 atom stereocenters. The number of nitrogens with one attached hydrogen (secondary N) is 1. The van der Waals surface area contributed by atoms with Crippen LogP contribution in [-0.4, -0.2) is 19.9 Å². The van der Waals surface area contributed by atoms with Gasteiger partial charge >= 0.3 is 0 Å². The van der Waals surface area contributed by atoms with Crippen molar-refractivity contribution in [1.82, 2.24) is 5.32 Å². The quantitative estimate of drug-likeness (QED) is 0.364. The molecule has 4 bridgehead atoms. The number of methoxy groups -OCH3 is 1. The highest BCUT2D eigenvalue weighted by molar-refractivity contribution is 6.22. The van der Waals surface area contributed by atoms with Gasteiger partial charge in [-0.05, 0) is 98.0 Å². The first-order chi connectivity index (χ1) is 20.4. The lowest BCUT2D eigenvalue weighted by Crippen LogP contribution is -2.30. The Morgan fingerprint density at radius 2 is 1.67 bits per heavy atom. The van der Waals surface area contributed by atoms with Crippen LogP contribution in [0.15, 0.2) is 65.6 Å². The Labute approximate surface area is 262 Å². The van der Waals surface area contributed by atoms with Crippen LogP contribution in [0.5, 0.6) is 5.75 Å². The third kappa shape index (κ3) is 7.28. The van der Waals surface area contributed by atoms with Gasteiger partial charge in [-0.15, -0.1) is 0 Å². The summed E-state index contributed by atoms with van der Waals surface area (Å²) in [6, 6.07) is 0. The smallest absolute Gasteiger partial charge is 0.130 e. The van der Waals surface area contributed by atoms with Crippen molar-refractivity contribution < 1.29 is 4.74 Å². The average molecular weight is 584 g/mol. The van der Waals surface area contributed by atoms with Gasteiger partial charge in [0.05, 0.1) is 24.2 Å². The number of nitrogens with zero attached hydrogens (tertiary/aromatic N) is 1. The molecule has 0 saturated carbocycles. The van der Waals surface area contributed by atoms with Crippen molar-refractivity contribution in [3.8, 4) is 5.75 Å². The molecular weight excluding hydrogens is 526 g/mol. The van der Waals surface area contributed by atoms with Gasteiger partial charge in [0.1, 0.15) is 5.75 Å². The molecular formula is C39H57N3O. The number of ether oxygens (including phenoxy) is 1. The highest BCUT2D eigenvalue weighted by atomic mass is 16.5. The third-order valence-electron chi connectivity index (χ3n) is 10.2. The first kappa shape index (κ1) is 34.2. The number of nitrogens with two attached hydrogens (primary N) is 1. The Morgan fingerprint density at radius 1 is 0.977 bits per heavy atom. The van der Waals surface area contributed by atoms with Crippen LogP contribution in [0.25, 0.3) is 11.1 Å². The van der Waals surface area contributed by atoms with E-state index in [0.29, 0.717) is 23.5 Å². The van der Waals surface area contributed by atoms with Gasteiger partial charge in [0.25, 0.3) is 0 Å². The Hall–Kier alpha value is -3.27. The maximum atomic E-state index is 6.89. The van der Waals surface area contributed by atoms with E-state index in [1.54, 1.807) is 14.2 Å². The predicted octanol–water partition coefficient (Wildman–Crippen LogP) is 9.84. The molecule has 0 aromatic heterocycles. The van der Waals surface area contributed by atoms with Gasteiger partial charge in [0.15, 0.2) is 0 Å². The number of aliphatic imine (C=N–C) groups is 1. The molecule has 43 heavy (non-hydrogen) atoms. The largest absolute Gasteiger partial charge is 0.496 e. The van der Waals surface area contributed by atoms with E-state index >= 15 is 0 Å². The number of rotatable bonds is 2. The van der Waals surface area contributed by atoms with Crippen LogP contribution in [-0.2, 0) is 0 Å². The minimum atomic E-state index is 0.526. The second-order valence-corrected chi connectivity index (χ2v) is 13.0. The third-order valence-corrected chi connectivity index (χ3v) is 10.2. The van der Waals surface area contributed by atoms with E-state index in [0.717, 1.165) is 86.2 Å². The van der Waals surface area contributed by atoms with Crippen LogP contribution in [0, 0.1) is 37.5 Å². The summed E-state index contributed by atoms with van der Waals surface area (Å²) in [4.78, 5) is 4.74. The van der Waals surface area contributed by atoms with Gasteiger partial charge in [0, 0.05) is 29.4 Å². The van der Waals surface area contributed by atoms with Crippen LogP contribution in [0.2, 0.25) is 0 Å². The molecule has 2 aliphatic heterocycles. The molecule has 2 heterocycles. The van der Waals surface area contributed by atoms with Crippen molar-refractivity contribution >= 4 is 16.9 Å². The Kier molecular flexibility index (Phi) is 11.9. The first-order valence-electron chi connectivity index (χ1n) is 16.3. The zero-order valence-electron chi connectivity index (χ0n) is 28.5. The lowest BCUT2D eigenvalue weighted by atomic mass is 9.76. The number of allylic oxidation sites excluding steroid dienone is 7. The van der Waals surface area contributed by atoms with E-state index < -0.39 is 0 Å². The maximum absolute atomic E-state index is 6.89. The van der Waals surface area contributed by atoms with Gasteiger partial charge in [-0.2, -0.15) is 0 Å². The molecule has 1 aliphatic carbocycles. The summed E-state index contributed by atoms with van der Waals surface area (Å²) >= 11 is 0. The van der Waals surface area contributed by atoms with Gasteiger partial charge in [-0.3, -0.25) is 4.99 Å². The number of fused-ring (bicyclic) bond motifs is 15. The van der Waals surface area contributed by atoms with Crippen LogP contribution < -0.4 is 15.8 Å². The normalized spacial score (nSPS) is 27.7. The molecule has 0 radical (unpaired) electrons. The lowest BCUT2D eigenvalue weighted by molar-refractivity contribution is 0.221. The molecule has 3 unspecified atom stereocenters. The average Bonchev–Trinajstić information content (AvgIpc) is 2.98. The summed E-state index contributed by atoms with van der Waals surface area (Å²) in [5, 5.41) is 3.51. The molecule has 1 aromatic carbocycles. The molecule has 4 heteroatoms. The van der Waals surface area contributed by atoms with E-state index in [2.05, 4.69) is 91.7 Å². The second kappa shape index (κ2) is 14.9. The zero-order chi connectivity index (χ0) is 32.0. The topological polar surface area (TPSA) is 59.6 Å². The van der Waals surface area contributed by atoms with E-state index in [1.165, 1.54) is 32.1 Å². The van der Waals surface area contributed by atoms with E-state index in [-0.39, 0.29) is 0 Å². The van der Waals surface area contributed by atoms with Crippen LogP contribution in [0.3, 0.4) is 0 Å².